The number of hydrogen-bond acceptors (Lipinski definition) is 3. The Morgan fingerprint density at radius 1 is 1.35 bits per heavy atom. The number of amides is 1. The smallest absolute Gasteiger partial charge is 0.262 e. The summed E-state index contributed by atoms with van der Waals surface area (Å²) in [5.41, 5.74) is 1.54. The summed E-state index contributed by atoms with van der Waals surface area (Å²) in [7, 11) is 0. The van der Waals surface area contributed by atoms with E-state index in [1.54, 1.807) is 13.0 Å². The van der Waals surface area contributed by atoms with E-state index >= 15 is 0 Å². The van der Waals surface area contributed by atoms with Gasteiger partial charge in [0, 0.05) is 17.5 Å². The van der Waals surface area contributed by atoms with Crippen molar-refractivity contribution in [3.8, 4) is 0 Å². The SMILES string of the molecule is Cc1ccc(C(=O)Nc2cc(C[C@H](C)C(C)(C)C)[nH]n2)c(=O)[nH]1. The molecular formula is C17H24N4O2. The van der Waals surface area contributed by atoms with Gasteiger partial charge in [0.15, 0.2) is 5.82 Å². The van der Waals surface area contributed by atoms with Gasteiger partial charge in [-0.05, 0) is 36.8 Å². The third-order valence-corrected chi connectivity index (χ3v) is 4.18. The van der Waals surface area contributed by atoms with Crippen LogP contribution in [0.25, 0.3) is 0 Å². The first-order chi connectivity index (χ1) is 10.7. The molecule has 0 radical (unpaired) electrons. The van der Waals surface area contributed by atoms with Gasteiger partial charge in [0.1, 0.15) is 5.56 Å². The fourth-order valence-electron chi connectivity index (χ4n) is 2.10. The molecule has 0 aliphatic heterocycles. The minimum absolute atomic E-state index is 0.0724. The van der Waals surface area contributed by atoms with E-state index in [-0.39, 0.29) is 11.0 Å². The van der Waals surface area contributed by atoms with Crippen molar-refractivity contribution >= 4 is 11.7 Å². The molecule has 0 spiro atoms. The Kier molecular flexibility index (Phi) is 4.73. The van der Waals surface area contributed by atoms with E-state index in [0.717, 1.165) is 12.1 Å². The fourth-order valence-corrected chi connectivity index (χ4v) is 2.10. The number of carbonyl (C=O) groups excluding carboxylic acids is 1. The van der Waals surface area contributed by atoms with E-state index in [0.29, 0.717) is 17.4 Å². The van der Waals surface area contributed by atoms with E-state index < -0.39 is 11.5 Å². The van der Waals surface area contributed by atoms with Crippen LogP contribution in [0, 0.1) is 18.3 Å². The zero-order valence-corrected chi connectivity index (χ0v) is 14.3. The predicted octanol–water partition coefficient (Wildman–Crippen LogP) is 2.88. The normalized spacial score (nSPS) is 12.9. The Balaban J connectivity index is 2.07. The van der Waals surface area contributed by atoms with Crippen LogP contribution in [0.1, 0.15) is 49.4 Å². The number of aryl methyl sites for hydroxylation is 1. The van der Waals surface area contributed by atoms with E-state index in [9.17, 15) is 9.59 Å². The van der Waals surface area contributed by atoms with Crippen molar-refractivity contribution in [2.75, 3.05) is 5.32 Å². The van der Waals surface area contributed by atoms with Crippen LogP contribution in [-0.2, 0) is 6.42 Å². The topological polar surface area (TPSA) is 90.6 Å². The molecule has 124 valence electrons. The highest BCUT2D eigenvalue weighted by Gasteiger charge is 2.21. The number of aromatic nitrogens is 3. The van der Waals surface area contributed by atoms with Crippen LogP contribution in [0.2, 0.25) is 0 Å². The predicted molar refractivity (Wildman–Crippen MR) is 90.7 cm³/mol. The second-order valence-electron chi connectivity index (χ2n) is 7.09. The standard InChI is InChI=1S/C17H24N4O2/c1-10(17(3,4)5)8-12-9-14(21-20-12)19-16(23)13-7-6-11(2)18-15(13)22/h6-7,9-10H,8H2,1-5H3,(H,18,22)(H2,19,20,21,23)/t10-/m0/s1. The molecule has 0 aliphatic rings. The van der Waals surface area contributed by atoms with Gasteiger partial charge < -0.3 is 10.3 Å². The van der Waals surface area contributed by atoms with Crippen LogP contribution in [0.4, 0.5) is 5.82 Å². The van der Waals surface area contributed by atoms with Gasteiger partial charge in [-0.3, -0.25) is 14.7 Å². The number of anilines is 1. The number of aromatic amines is 2. The first-order valence-electron chi connectivity index (χ1n) is 7.72. The lowest BCUT2D eigenvalue weighted by atomic mass is 9.79. The van der Waals surface area contributed by atoms with Gasteiger partial charge in [0.2, 0.25) is 0 Å². The first kappa shape index (κ1) is 17.0. The zero-order valence-electron chi connectivity index (χ0n) is 14.3. The number of nitrogens with zero attached hydrogens (tertiary/aromatic N) is 1. The lowest BCUT2D eigenvalue weighted by Gasteiger charge is -2.26. The average Bonchev–Trinajstić information content (AvgIpc) is 2.84. The van der Waals surface area contributed by atoms with Crippen molar-refractivity contribution in [2.24, 2.45) is 11.3 Å². The maximum Gasteiger partial charge on any atom is 0.262 e. The van der Waals surface area contributed by atoms with E-state index in [1.165, 1.54) is 6.07 Å². The third kappa shape index (κ3) is 4.31. The minimum atomic E-state index is -0.465. The number of nitrogens with one attached hydrogen (secondary N) is 3. The van der Waals surface area contributed by atoms with Gasteiger partial charge in [-0.25, -0.2) is 0 Å². The van der Waals surface area contributed by atoms with Crippen molar-refractivity contribution in [3.05, 3.63) is 45.5 Å². The number of H-pyrrole nitrogens is 2. The maximum absolute atomic E-state index is 12.2. The highest BCUT2D eigenvalue weighted by molar-refractivity contribution is 6.03. The highest BCUT2D eigenvalue weighted by Crippen LogP contribution is 2.28. The molecule has 1 atom stereocenters. The third-order valence-electron chi connectivity index (χ3n) is 4.18. The molecule has 0 aromatic carbocycles. The Morgan fingerprint density at radius 2 is 2.04 bits per heavy atom. The van der Waals surface area contributed by atoms with Crippen LogP contribution in [0.15, 0.2) is 23.0 Å². The molecule has 0 saturated heterocycles. The molecule has 0 fully saturated rings. The van der Waals surface area contributed by atoms with Gasteiger partial charge in [0.25, 0.3) is 11.5 Å². The lowest BCUT2D eigenvalue weighted by molar-refractivity contribution is 0.102. The number of pyridine rings is 1. The van der Waals surface area contributed by atoms with Gasteiger partial charge in [-0.2, -0.15) is 5.10 Å². The summed E-state index contributed by atoms with van der Waals surface area (Å²) >= 11 is 0. The van der Waals surface area contributed by atoms with E-state index in [2.05, 4.69) is 48.2 Å². The van der Waals surface area contributed by atoms with Crippen molar-refractivity contribution in [3.63, 3.8) is 0 Å². The molecule has 2 rings (SSSR count). The molecule has 0 bridgehead atoms. The van der Waals surface area contributed by atoms with Gasteiger partial charge in [0.05, 0.1) is 0 Å². The number of hydrogen-bond donors (Lipinski definition) is 3. The summed E-state index contributed by atoms with van der Waals surface area (Å²) in [4.78, 5) is 26.5. The van der Waals surface area contributed by atoms with Gasteiger partial charge >= 0.3 is 0 Å². The van der Waals surface area contributed by atoms with Crippen molar-refractivity contribution in [2.45, 2.75) is 41.0 Å². The number of rotatable bonds is 4. The Labute approximate surface area is 135 Å². The average molecular weight is 316 g/mol. The zero-order chi connectivity index (χ0) is 17.2. The molecule has 3 N–H and O–H groups in total. The van der Waals surface area contributed by atoms with Gasteiger partial charge in [-0.15, -0.1) is 0 Å². The Morgan fingerprint density at radius 3 is 2.65 bits per heavy atom. The summed E-state index contributed by atoms with van der Waals surface area (Å²) in [5.74, 6) is 0.422. The quantitative estimate of drug-likeness (QED) is 0.810. The van der Waals surface area contributed by atoms with Crippen LogP contribution >= 0.6 is 0 Å². The Hall–Kier alpha value is -2.37. The largest absolute Gasteiger partial charge is 0.326 e. The fraction of sp³-hybridized carbons (Fsp3) is 0.471. The molecule has 6 nitrogen and oxygen atoms in total. The highest BCUT2D eigenvalue weighted by atomic mass is 16.2. The Bertz CT molecular complexity index is 752. The second kappa shape index (κ2) is 6.40. The van der Waals surface area contributed by atoms with E-state index in [1.807, 2.05) is 6.07 Å². The maximum atomic E-state index is 12.2. The molecule has 0 saturated carbocycles. The number of carbonyl (C=O) groups is 1. The molecule has 1 amide bonds. The summed E-state index contributed by atoms with van der Waals surface area (Å²) in [5, 5.41) is 9.68. The lowest BCUT2D eigenvalue weighted by Crippen LogP contribution is -2.23. The van der Waals surface area contributed by atoms with E-state index in [4.69, 9.17) is 0 Å². The minimum Gasteiger partial charge on any atom is -0.326 e. The molecule has 0 aliphatic carbocycles. The second-order valence-corrected chi connectivity index (χ2v) is 7.09. The molecule has 2 aromatic heterocycles. The van der Waals surface area contributed by atoms with Crippen molar-refractivity contribution in [1.82, 2.24) is 15.2 Å². The molecule has 6 heteroatoms. The molecular weight excluding hydrogens is 292 g/mol. The van der Waals surface area contributed by atoms with Gasteiger partial charge in [-0.1, -0.05) is 27.7 Å². The van der Waals surface area contributed by atoms with Crippen LogP contribution in [0.5, 0.6) is 0 Å². The summed E-state index contributed by atoms with van der Waals surface area (Å²) in [6, 6.07) is 5.01. The molecule has 23 heavy (non-hydrogen) atoms. The van der Waals surface area contributed by atoms with Crippen molar-refractivity contribution < 1.29 is 4.79 Å². The summed E-state index contributed by atoms with van der Waals surface area (Å²) in [6.45, 7) is 10.5. The van der Waals surface area contributed by atoms with Crippen LogP contribution in [0.3, 0.4) is 0 Å². The molecule has 2 aromatic rings. The summed E-state index contributed by atoms with van der Waals surface area (Å²) in [6.07, 6.45) is 0.845. The molecule has 0 unspecified atom stereocenters. The monoisotopic (exact) mass is 316 g/mol. The van der Waals surface area contributed by atoms with Crippen LogP contribution < -0.4 is 10.9 Å². The molecule has 2 heterocycles. The summed E-state index contributed by atoms with van der Waals surface area (Å²) < 4.78 is 0. The van der Waals surface area contributed by atoms with Crippen LogP contribution in [-0.4, -0.2) is 21.1 Å². The first-order valence-corrected chi connectivity index (χ1v) is 7.72. The van der Waals surface area contributed by atoms with Crippen molar-refractivity contribution in [1.29, 1.82) is 0 Å².